The number of carbonyl (C=O) groups excluding carboxylic acids is 3. The minimum Gasteiger partial charge on any atom is -0.481 e. The summed E-state index contributed by atoms with van der Waals surface area (Å²) in [5.74, 6) is -5.21. The van der Waals surface area contributed by atoms with Crippen LogP contribution in [0.5, 0.6) is 0 Å². The molecular weight excluding hydrogens is 200 g/mol. The Morgan fingerprint density at radius 3 is 1.87 bits per heavy atom. The summed E-state index contributed by atoms with van der Waals surface area (Å²) in [7, 11) is 0. The van der Waals surface area contributed by atoms with Crippen LogP contribution in [0.25, 0.3) is 0 Å². The zero-order chi connectivity index (χ0) is 12.2. The average Bonchev–Trinajstić information content (AvgIpc) is 2.10. The van der Waals surface area contributed by atoms with E-state index >= 15 is 0 Å². The zero-order valence-corrected chi connectivity index (χ0v) is 8.94. The molecule has 0 aromatic rings. The molecule has 2 unspecified atom stereocenters. The van der Waals surface area contributed by atoms with Gasteiger partial charge in [-0.25, -0.2) is 0 Å². The molecule has 0 aromatic carbocycles. The third kappa shape index (κ3) is 4.01. The molecule has 5 heteroatoms. The Labute approximate surface area is 87.5 Å². The topological polar surface area (TPSA) is 88.5 Å². The lowest BCUT2D eigenvalue weighted by atomic mass is 9.88. The number of carboxylic acids is 1. The van der Waals surface area contributed by atoms with Gasteiger partial charge in [0.05, 0.1) is 5.92 Å². The second kappa shape index (κ2) is 5.38. The van der Waals surface area contributed by atoms with Crippen molar-refractivity contribution in [3.05, 3.63) is 0 Å². The van der Waals surface area contributed by atoms with Gasteiger partial charge in [-0.05, 0) is 20.8 Å². The zero-order valence-electron chi connectivity index (χ0n) is 8.94. The predicted molar refractivity (Wildman–Crippen MR) is 51.3 cm³/mol. The van der Waals surface area contributed by atoms with Gasteiger partial charge in [-0.2, -0.15) is 0 Å². The third-order valence-corrected chi connectivity index (χ3v) is 2.17. The summed E-state index contributed by atoms with van der Waals surface area (Å²) < 4.78 is 0. The summed E-state index contributed by atoms with van der Waals surface area (Å²) in [5.41, 5.74) is 0. The van der Waals surface area contributed by atoms with Gasteiger partial charge in [0.2, 0.25) is 0 Å². The van der Waals surface area contributed by atoms with Gasteiger partial charge in [-0.1, -0.05) is 0 Å². The molecule has 0 spiro atoms. The van der Waals surface area contributed by atoms with Crippen molar-refractivity contribution in [2.45, 2.75) is 27.2 Å². The van der Waals surface area contributed by atoms with Crippen molar-refractivity contribution in [1.82, 2.24) is 0 Å². The van der Waals surface area contributed by atoms with E-state index in [1.54, 1.807) is 0 Å². The predicted octanol–water partition coefficient (Wildman–Crippen LogP) is 0.460. The Hall–Kier alpha value is -1.52. The molecule has 2 atom stereocenters. The molecule has 1 N–H and O–H groups in total. The van der Waals surface area contributed by atoms with Gasteiger partial charge in [-0.3, -0.25) is 19.2 Å². The van der Waals surface area contributed by atoms with E-state index in [2.05, 4.69) is 0 Å². The molecule has 0 aliphatic carbocycles. The molecule has 0 rings (SSSR count). The van der Waals surface area contributed by atoms with Crippen molar-refractivity contribution in [1.29, 1.82) is 0 Å². The molecule has 0 heterocycles. The number of hydrogen-bond donors (Lipinski definition) is 1. The van der Waals surface area contributed by atoms with Crippen LogP contribution in [0.1, 0.15) is 27.2 Å². The summed E-state index contributed by atoms with van der Waals surface area (Å²) >= 11 is 0. The Morgan fingerprint density at radius 2 is 1.60 bits per heavy atom. The van der Waals surface area contributed by atoms with Crippen molar-refractivity contribution in [2.24, 2.45) is 11.8 Å². The largest absolute Gasteiger partial charge is 0.481 e. The van der Waals surface area contributed by atoms with E-state index in [1.165, 1.54) is 20.8 Å². The van der Waals surface area contributed by atoms with Crippen molar-refractivity contribution in [3.8, 4) is 0 Å². The molecule has 0 aliphatic heterocycles. The SMILES string of the molecule is CC(=O)CC(C(=O)O)C(=O)C(C)C(C)=O. The van der Waals surface area contributed by atoms with E-state index < -0.39 is 29.4 Å². The van der Waals surface area contributed by atoms with Gasteiger partial charge >= 0.3 is 5.97 Å². The number of ketones is 3. The van der Waals surface area contributed by atoms with Crippen molar-refractivity contribution >= 4 is 23.3 Å². The lowest BCUT2D eigenvalue weighted by Crippen LogP contribution is -2.33. The molecule has 0 aliphatic rings. The Balaban J connectivity index is 4.78. The number of rotatable bonds is 6. The third-order valence-electron chi connectivity index (χ3n) is 2.17. The van der Waals surface area contributed by atoms with Crippen molar-refractivity contribution < 1.29 is 24.3 Å². The molecule has 0 bridgehead atoms. The van der Waals surface area contributed by atoms with E-state index in [-0.39, 0.29) is 12.2 Å². The summed E-state index contributed by atoms with van der Waals surface area (Å²) in [4.78, 5) is 43.9. The van der Waals surface area contributed by atoms with E-state index in [4.69, 9.17) is 5.11 Å². The maximum atomic E-state index is 11.5. The summed E-state index contributed by atoms with van der Waals surface area (Å²) in [5, 5.41) is 8.74. The molecule has 15 heavy (non-hydrogen) atoms. The van der Waals surface area contributed by atoms with Crippen LogP contribution in [-0.4, -0.2) is 28.4 Å². The molecule has 5 nitrogen and oxygen atoms in total. The Kier molecular flexibility index (Phi) is 4.84. The number of carboxylic acid groups (broad SMARTS) is 1. The van der Waals surface area contributed by atoms with Crippen LogP contribution in [-0.2, 0) is 19.2 Å². The lowest BCUT2D eigenvalue weighted by Gasteiger charge is -2.12. The van der Waals surface area contributed by atoms with Gasteiger partial charge in [0, 0.05) is 6.42 Å². The minimum atomic E-state index is -1.40. The molecular formula is C10H14O5. The summed E-state index contributed by atoms with van der Waals surface area (Å²) in [6.45, 7) is 3.78. The fourth-order valence-corrected chi connectivity index (χ4v) is 1.10. The van der Waals surface area contributed by atoms with Crippen molar-refractivity contribution in [3.63, 3.8) is 0 Å². The van der Waals surface area contributed by atoms with E-state index in [0.717, 1.165) is 0 Å². The standard InChI is InChI=1S/C10H14O5/c1-5(11)4-8(10(14)15)9(13)6(2)7(3)12/h6,8H,4H2,1-3H3,(H,14,15). The van der Waals surface area contributed by atoms with E-state index in [1.807, 2.05) is 0 Å². The first kappa shape index (κ1) is 13.5. The highest BCUT2D eigenvalue weighted by atomic mass is 16.4. The van der Waals surface area contributed by atoms with Crippen LogP contribution in [0, 0.1) is 11.8 Å². The highest BCUT2D eigenvalue weighted by molar-refractivity contribution is 6.10. The maximum absolute atomic E-state index is 11.5. The molecule has 0 saturated carbocycles. The van der Waals surface area contributed by atoms with Crippen LogP contribution in [0.4, 0.5) is 0 Å². The molecule has 0 fully saturated rings. The highest BCUT2D eigenvalue weighted by Gasteiger charge is 2.32. The number of hydrogen-bond acceptors (Lipinski definition) is 4. The molecule has 0 amide bonds. The molecule has 84 valence electrons. The first-order valence-electron chi connectivity index (χ1n) is 4.53. The van der Waals surface area contributed by atoms with Crippen LogP contribution in [0.3, 0.4) is 0 Å². The fourth-order valence-electron chi connectivity index (χ4n) is 1.10. The first-order valence-corrected chi connectivity index (χ1v) is 4.53. The van der Waals surface area contributed by atoms with E-state index in [0.29, 0.717) is 0 Å². The van der Waals surface area contributed by atoms with Gasteiger partial charge in [0.1, 0.15) is 17.5 Å². The monoisotopic (exact) mass is 214 g/mol. The van der Waals surface area contributed by atoms with Gasteiger partial charge < -0.3 is 5.11 Å². The van der Waals surface area contributed by atoms with Crippen LogP contribution in [0.15, 0.2) is 0 Å². The lowest BCUT2D eigenvalue weighted by molar-refractivity contribution is -0.150. The molecule has 0 aromatic heterocycles. The second-order valence-electron chi connectivity index (χ2n) is 3.53. The fraction of sp³-hybridized carbons (Fsp3) is 0.600. The van der Waals surface area contributed by atoms with Gasteiger partial charge in [-0.15, -0.1) is 0 Å². The minimum absolute atomic E-state index is 0.355. The number of aliphatic carboxylic acids is 1. The summed E-state index contributed by atoms with van der Waals surface area (Å²) in [6, 6.07) is 0. The average molecular weight is 214 g/mol. The number of carbonyl (C=O) groups is 4. The van der Waals surface area contributed by atoms with Crippen molar-refractivity contribution in [2.75, 3.05) is 0 Å². The highest BCUT2D eigenvalue weighted by Crippen LogP contribution is 2.13. The Morgan fingerprint density at radius 1 is 1.13 bits per heavy atom. The van der Waals surface area contributed by atoms with Crippen LogP contribution >= 0.6 is 0 Å². The summed E-state index contributed by atoms with van der Waals surface area (Å²) in [6.07, 6.45) is -0.355. The normalized spacial score (nSPS) is 14.1. The Bertz CT molecular complexity index is 305. The molecule has 0 saturated heterocycles. The number of Topliss-reactive ketones (excluding diaryl/α,β-unsaturated/α-hetero) is 3. The maximum Gasteiger partial charge on any atom is 0.314 e. The second-order valence-corrected chi connectivity index (χ2v) is 3.53. The van der Waals surface area contributed by atoms with Gasteiger partial charge in [0.25, 0.3) is 0 Å². The van der Waals surface area contributed by atoms with E-state index in [9.17, 15) is 19.2 Å². The van der Waals surface area contributed by atoms with Crippen LogP contribution in [0.2, 0.25) is 0 Å². The molecule has 0 radical (unpaired) electrons. The van der Waals surface area contributed by atoms with Gasteiger partial charge in [0.15, 0.2) is 5.78 Å². The smallest absolute Gasteiger partial charge is 0.314 e. The first-order chi connectivity index (χ1) is 6.77. The van der Waals surface area contributed by atoms with Crippen LogP contribution < -0.4 is 0 Å². The quantitative estimate of drug-likeness (QED) is 0.649.